The summed E-state index contributed by atoms with van der Waals surface area (Å²) in [5.41, 5.74) is 1.27. The molecule has 24 heavy (non-hydrogen) atoms. The van der Waals surface area contributed by atoms with Gasteiger partial charge in [0.15, 0.2) is 5.82 Å². The molecule has 1 N–H and O–H groups in total. The fourth-order valence-corrected chi connectivity index (χ4v) is 2.88. The number of carbonyl (C=O) groups excluding carboxylic acids is 1. The number of nitrogens with one attached hydrogen (secondary N) is 1. The minimum atomic E-state index is -0.462. The molecule has 0 bridgehead atoms. The molecule has 7 nitrogen and oxygen atoms in total. The Labute approximate surface area is 146 Å². The van der Waals surface area contributed by atoms with Gasteiger partial charge >= 0.3 is 6.09 Å². The molecule has 0 atom stereocenters. The van der Waals surface area contributed by atoms with Crippen molar-refractivity contribution in [3.63, 3.8) is 0 Å². The molecule has 1 aliphatic rings. The maximum Gasteiger partial charge on any atom is 0.410 e. The molecule has 0 radical (unpaired) electrons. The van der Waals surface area contributed by atoms with Gasteiger partial charge in [-0.15, -0.1) is 0 Å². The molecular formula is C16H22ClN5O2. The molecule has 3 rings (SSSR count). The fraction of sp³-hybridized carbons (Fsp3) is 0.562. The minimum absolute atomic E-state index is 0.222. The number of aromatic nitrogens is 3. The van der Waals surface area contributed by atoms with E-state index >= 15 is 0 Å². The fourth-order valence-electron chi connectivity index (χ4n) is 2.70. The van der Waals surface area contributed by atoms with Crippen molar-refractivity contribution in [3.8, 4) is 0 Å². The van der Waals surface area contributed by atoms with E-state index in [4.69, 9.17) is 16.3 Å². The highest BCUT2D eigenvalue weighted by molar-refractivity contribution is 6.28. The number of amides is 1. The number of halogens is 1. The SMILES string of the molecule is Cn1ccc2nc(Cl)nc(NCC3CN(C(=O)OC(C)(C)C)C3)c21. The Hall–Kier alpha value is -2.02. The zero-order valence-electron chi connectivity index (χ0n) is 14.3. The molecule has 1 fully saturated rings. The molecule has 0 saturated carbocycles. The first-order chi connectivity index (χ1) is 11.2. The summed E-state index contributed by atoms with van der Waals surface area (Å²) in [6.45, 7) is 7.68. The van der Waals surface area contributed by atoms with E-state index in [9.17, 15) is 4.79 Å². The maximum atomic E-state index is 11.9. The van der Waals surface area contributed by atoms with Gasteiger partial charge in [0.05, 0.1) is 5.52 Å². The highest BCUT2D eigenvalue weighted by atomic mass is 35.5. The quantitative estimate of drug-likeness (QED) is 0.861. The van der Waals surface area contributed by atoms with E-state index in [1.807, 2.05) is 44.6 Å². The van der Waals surface area contributed by atoms with Crippen molar-refractivity contribution in [1.29, 1.82) is 0 Å². The molecule has 2 aromatic rings. The lowest BCUT2D eigenvalue weighted by molar-refractivity contribution is 0.000842. The zero-order chi connectivity index (χ0) is 17.5. The highest BCUT2D eigenvalue weighted by Gasteiger charge is 2.33. The van der Waals surface area contributed by atoms with Crippen molar-refractivity contribution in [2.24, 2.45) is 13.0 Å². The first kappa shape index (κ1) is 16.8. The van der Waals surface area contributed by atoms with Crippen molar-refractivity contribution in [3.05, 3.63) is 17.5 Å². The number of carbonyl (C=O) groups is 1. The van der Waals surface area contributed by atoms with Crippen LogP contribution in [0.3, 0.4) is 0 Å². The summed E-state index contributed by atoms with van der Waals surface area (Å²) in [5.74, 6) is 1.08. The van der Waals surface area contributed by atoms with Gasteiger partial charge in [-0.3, -0.25) is 0 Å². The Kier molecular flexibility index (Phi) is 4.29. The Bertz CT molecular complexity index is 762. The van der Waals surface area contributed by atoms with E-state index in [-0.39, 0.29) is 11.4 Å². The van der Waals surface area contributed by atoms with E-state index < -0.39 is 5.60 Å². The third kappa shape index (κ3) is 3.56. The van der Waals surface area contributed by atoms with Crippen LogP contribution in [0.1, 0.15) is 20.8 Å². The lowest BCUT2D eigenvalue weighted by Crippen LogP contribution is -2.53. The second kappa shape index (κ2) is 6.12. The van der Waals surface area contributed by atoms with Gasteiger partial charge in [0, 0.05) is 38.8 Å². The lowest BCUT2D eigenvalue weighted by Gasteiger charge is -2.39. The third-order valence-electron chi connectivity index (χ3n) is 3.86. The first-order valence-corrected chi connectivity index (χ1v) is 8.31. The number of nitrogens with zero attached hydrogens (tertiary/aromatic N) is 4. The van der Waals surface area contributed by atoms with Crippen molar-refractivity contribution in [2.75, 3.05) is 25.0 Å². The monoisotopic (exact) mass is 351 g/mol. The van der Waals surface area contributed by atoms with Gasteiger partial charge < -0.3 is 19.5 Å². The number of rotatable bonds is 3. The number of fused-ring (bicyclic) bond motifs is 1. The predicted octanol–water partition coefficient (Wildman–Crippen LogP) is 2.90. The second-order valence-electron chi connectivity index (χ2n) is 7.13. The number of aryl methyl sites for hydroxylation is 1. The number of likely N-dealkylation sites (tertiary alicyclic amines) is 1. The predicted molar refractivity (Wildman–Crippen MR) is 93.3 cm³/mol. The standard InChI is InChI=1S/C16H22ClN5O2/c1-16(2,3)24-15(23)22-8-10(9-22)7-18-13-12-11(5-6-21(12)4)19-14(17)20-13/h5-6,10H,7-9H2,1-4H3,(H,18,19,20). The number of ether oxygens (including phenoxy) is 1. The van der Waals surface area contributed by atoms with Gasteiger partial charge in [-0.1, -0.05) is 0 Å². The molecule has 3 heterocycles. The normalized spacial score (nSPS) is 15.5. The Morgan fingerprint density at radius 1 is 1.42 bits per heavy atom. The minimum Gasteiger partial charge on any atom is -0.444 e. The average molecular weight is 352 g/mol. The molecule has 0 unspecified atom stereocenters. The summed E-state index contributed by atoms with van der Waals surface area (Å²) in [5, 5.41) is 3.55. The van der Waals surface area contributed by atoms with Crippen LogP contribution in [0.5, 0.6) is 0 Å². The van der Waals surface area contributed by atoms with Gasteiger partial charge in [-0.05, 0) is 38.4 Å². The van der Waals surface area contributed by atoms with Gasteiger partial charge in [0.25, 0.3) is 0 Å². The molecule has 8 heteroatoms. The zero-order valence-corrected chi connectivity index (χ0v) is 15.1. The van der Waals surface area contributed by atoms with Crippen molar-refractivity contribution in [1.82, 2.24) is 19.4 Å². The highest BCUT2D eigenvalue weighted by Crippen LogP contribution is 2.24. The summed E-state index contributed by atoms with van der Waals surface area (Å²) in [6.07, 6.45) is 1.67. The lowest BCUT2D eigenvalue weighted by atomic mass is 10.0. The van der Waals surface area contributed by atoms with Crippen LogP contribution in [0, 0.1) is 5.92 Å². The Morgan fingerprint density at radius 2 is 2.12 bits per heavy atom. The molecule has 130 valence electrons. The van der Waals surface area contributed by atoms with Crippen molar-refractivity contribution in [2.45, 2.75) is 26.4 Å². The molecule has 0 aliphatic carbocycles. The summed E-state index contributed by atoms with van der Waals surface area (Å²) < 4.78 is 7.32. The van der Waals surface area contributed by atoms with E-state index in [2.05, 4.69) is 15.3 Å². The molecule has 2 aromatic heterocycles. The van der Waals surface area contributed by atoms with Crippen LogP contribution in [-0.2, 0) is 11.8 Å². The summed E-state index contributed by atoms with van der Waals surface area (Å²) in [6, 6.07) is 1.90. The largest absolute Gasteiger partial charge is 0.444 e. The van der Waals surface area contributed by atoms with Crippen LogP contribution < -0.4 is 5.32 Å². The number of anilines is 1. The molecule has 0 spiro atoms. The van der Waals surface area contributed by atoms with Crippen LogP contribution >= 0.6 is 11.6 Å². The van der Waals surface area contributed by atoms with E-state index in [1.165, 1.54) is 0 Å². The Balaban J connectivity index is 1.57. The smallest absolute Gasteiger partial charge is 0.410 e. The van der Waals surface area contributed by atoms with Crippen LogP contribution in [-0.4, -0.2) is 50.8 Å². The third-order valence-corrected chi connectivity index (χ3v) is 4.03. The second-order valence-corrected chi connectivity index (χ2v) is 7.47. The van der Waals surface area contributed by atoms with Gasteiger partial charge in [0.1, 0.15) is 11.1 Å². The summed E-state index contributed by atoms with van der Waals surface area (Å²) in [7, 11) is 1.94. The topological polar surface area (TPSA) is 72.3 Å². The molecule has 1 saturated heterocycles. The number of hydrogen-bond donors (Lipinski definition) is 1. The van der Waals surface area contributed by atoms with Gasteiger partial charge in [-0.25, -0.2) is 9.78 Å². The maximum absolute atomic E-state index is 11.9. The number of hydrogen-bond acceptors (Lipinski definition) is 5. The Morgan fingerprint density at radius 3 is 2.79 bits per heavy atom. The average Bonchev–Trinajstić information content (AvgIpc) is 2.76. The summed E-state index contributed by atoms with van der Waals surface area (Å²) >= 11 is 5.98. The van der Waals surface area contributed by atoms with Crippen LogP contribution in [0.4, 0.5) is 10.6 Å². The van der Waals surface area contributed by atoms with Crippen LogP contribution in [0.2, 0.25) is 5.28 Å². The van der Waals surface area contributed by atoms with Crippen LogP contribution in [0.25, 0.3) is 11.0 Å². The van der Waals surface area contributed by atoms with Crippen LogP contribution in [0.15, 0.2) is 12.3 Å². The van der Waals surface area contributed by atoms with Crippen molar-refractivity contribution >= 4 is 34.5 Å². The van der Waals surface area contributed by atoms with Gasteiger partial charge in [-0.2, -0.15) is 4.98 Å². The summed E-state index contributed by atoms with van der Waals surface area (Å²) in [4.78, 5) is 22.1. The van der Waals surface area contributed by atoms with E-state index in [1.54, 1.807) is 4.90 Å². The molecule has 0 aromatic carbocycles. The first-order valence-electron chi connectivity index (χ1n) is 7.93. The molecule has 1 aliphatic heterocycles. The molecular weight excluding hydrogens is 330 g/mol. The van der Waals surface area contributed by atoms with E-state index in [0.717, 1.165) is 11.0 Å². The molecule has 1 amide bonds. The van der Waals surface area contributed by atoms with E-state index in [0.29, 0.717) is 31.4 Å². The van der Waals surface area contributed by atoms with Gasteiger partial charge in [0.2, 0.25) is 5.28 Å². The van der Waals surface area contributed by atoms with Crippen molar-refractivity contribution < 1.29 is 9.53 Å².